The largest absolute Gasteiger partial charge is 0.478 e. The first kappa shape index (κ1) is 25.6. The Morgan fingerprint density at radius 3 is 2.37 bits per heavy atom. The average molecular weight is 480 g/mol. The molecule has 35 heavy (non-hydrogen) atoms. The van der Waals surface area contributed by atoms with E-state index in [2.05, 4.69) is 0 Å². The number of hydrogen-bond acceptors (Lipinski definition) is 7. The molecule has 0 aromatic heterocycles. The molecule has 2 aromatic carbocycles. The molecule has 2 aromatic rings. The van der Waals surface area contributed by atoms with Crippen LogP contribution in [-0.4, -0.2) is 59.0 Å². The lowest BCUT2D eigenvalue weighted by atomic mass is 9.80. The van der Waals surface area contributed by atoms with Gasteiger partial charge in [0, 0.05) is 43.7 Å². The number of benzene rings is 2. The number of non-ortho nitro benzene ring substituents is 1. The number of nitrogens with zero attached hydrogens (tertiary/aromatic N) is 3. The number of rotatable bonds is 9. The van der Waals surface area contributed by atoms with Crippen LogP contribution in [0.1, 0.15) is 30.9 Å². The van der Waals surface area contributed by atoms with Crippen LogP contribution in [0.4, 0.5) is 5.69 Å². The molecule has 184 valence electrons. The third kappa shape index (κ3) is 5.75. The second-order valence-corrected chi connectivity index (χ2v) is 8.51. The first-order chi connectivity index (χ1) is 16.6. The van der Waals surface area contributed by atoms with E-state index >= 15 is 0 Å². The number of nitro groups is 1. The number of likely N-dealkylation sites (N-methyl/N-ethyl adjacent to an activating group) is 1. The van der Waals surface area contributed by atoms with Crippen LogP contribution >= 0.6 is 0 Å². The zero-order valence-electron chi connectivity index (χ0n) is 20.2. The SMILES string of the molecule is CC1=C(C(=O)O)C(c2cccc([N+](=O)[O-])c2)C(C(=O)OCCN(C)Cc2ccccc2)=C(C)N1C. The van der Waals surface area contributed by atoms with Gasteiger partial charge in [-0.05, 0) is 32.0 Å². The van der Waals surface area contributed by atoms with E-state index in [9.17, 15) is 24.8 Å². The Hall–Kier alpha value is -3.98. The maximum atomic E-state index is 13.3. The summed E-state index contributed by atoms with van der Waals surface area (Å²) in [5.74, 6) is -2.85. The van der Waals surface area contributed by atoms with Gasteiger partial charge < -0.3 is 14.7 Å². The number of esters is 1. The van der Waals surface area contributed by atoms with Gasteiger partial charge in [-0.3, -0.25) is 15.0 Å². The lowest BCUT2D eigenvalue weighted by molar-refractivity contribution is -0.384. The van der Waals surface area contributed by atoms with Gasteiger partial charge in [0.1, 0.15) is 6.61 Å². The van der Waals surface area contributed by atoms with E-state index in [4.69, 9.17) is 4.74 Å². The lowest BCUT2D eigenvalue weighted by Crippen LogP contribution is -2.33. The number of allylic oxidation sites excluding steroid dienone is 2. The van der Waals surface area contributed by atoms with Gasteiger partial charge in [-0.25, -0.2) is 9.59 Å². The van der Waals surface area contributed by atoms with Gasteiger partial charge in [-0.1, -0.05) is 42.5 Å². The summed E-state index contributed by atoms with van der Waals surface area (Å²) in [6.45, 7) is 4.63. The van der Waals surface area contributed by atoms with Gasteiger partial charge in [0.15, 0.2) is 0 Å². The zero-order chi connectivity index (χ0) is 25.7. The number of carbonyl (C=O) groups is 2. The standard InChI is InChI=1S/C26H29N3O6/c1-17-22(25(30)31)24(20-11-8-12-21(15-20)29(33)34)23(18(2)28(17)4)26(32)35-14-13-27(3)16-19-9-6-5-7-10-19/h5-12,15,24H,13-14,16H2,1-4H3,(H,30,31). The van der Waals surface area contributed by atoms with Crippen molar-refractivity contribution in [2.24, 2.45) is 0 Å². The van der Waals surface area contributed by atoms with Crippen LogP contribution in [0.25, 0.3) is 0 Å². The van der Waals surface area contributed by atoms with E-state index in [1.54, 1.807) is 31.9 Å². The first-order valence-electron chi connectivity index (χ1n) is 11.1. The number of carbonyl (C=O) groups excluding carboxylic acids is 1. The van der Waals surface area contributed by atoms with Crippen molar-refractivity contribution in [3.05, 3.63) is 98.4 Å². The van der Waals surface area contributed by atoms with Crippen LogP contribution in [0.2, 0.25) is 0 Å². The number of hydrogen-bond donors (Lipinski definition) is 1. The quantitative estimate of drug-likeness (QED) is 0.327. The topological polar surface area (TPSA) is 113 Å². The van der Waals surface area contributed by atoms with Crippen LogP contribution in [0.15, 0.2) is 77.1 Å². The molecule has 1 atom stereocenters. The number of aliphatic carboxylic acids is 1. The fourth-order valence-corrected chi connectivity index (χ4v) is 4.22. The summed E-state index contributed by atoms with van der Waals surface area (Å²) in [7, 11) is 3.60. The van der Waals surface area contributed by atoms with E-state index in [1.165, 1.54) is 18.2 Å². The predicted molar refractivity (Wildman–Crippen MR) is 130 cm³/mol. The highest BCUT2D eigenvalue weighted by Crippen LogP contribution is 2.42. The Labute approximate surface area is 204 Å². The molecule has 0 saturated carbocycles. The van der Waals surface area contributed by atoms with Crippen molar-refractivity contribution in [3.8, 4) is 0 Å². The summed E-state index contributed by atoms with van der Waals surface area (Å²) >= 11 is 0. The molecule has 0 spiro atoms. The Morgan fingerprint density at radius 1 is 1.09 bits per heavy atom. The normalized spacial score (nSPS) is 16.0. The Bertz CT molecular complexity index is 1190. The maximum Gasteiger partial charge on any atom is 0.336 e. The molecule has 0 saturated heterocycles. The molecule has 0 amide bonds. The fraction of sp³-hybridized carbons (Fsp3) is 0.308. The third-order valence-electron chi connectivity index (χ3n) is 6.23. The van der Waals surface area contributed by atoms with Gasteiger partial charge in [-0.2, -0.15) is 0 Å². The molecule has 1 unspecified atom stereocenters. The van der Waals surface area contributed by atoms with E-state index in [1.807, 2.05) is 42.3 Å². The summed E-state index contributed by atoms with van der Waals surface area (Å²) in [5.41, 5.74) is 2.41. The molecule has 0 aliphatic carbocycles. The predicted octanol–water partition coefficient (Wildman–Crippen LogP) is 3.93. The third-order valence-corrected chi connectivity index (χ3v) is 6.23. The van der Waals surface area contributed by atoms with Gasteiger partial charge in [-0.15, -0.1) is 0 Å². The Morgan fingerprint density at radius 2 is 1.74 bits per heavy atom. The highest BCUT2D eigenvalue weighted by molar-refractivity contribution is 5.99. The number of carboxylic acid groups (broad SMARTS) is 1. The summed E-state index contributed by atoms with van der Waals surface area (Å²) < 4.78 is 5.59. The summed E-state index contributed by atoms with van der Waals surface area (Å²) in [4.78, 5) is 40.0. The number of nitro benzene ring substituents is 1. The molecular formula is C26H29N3O6. The number of ether oxygens (including phenoxy) is 1. The average Bonchev–Trinajstić information content (AvgIpc) is 2.82. The molecule has 1 aliphatic rings. The molecule has 0 bridgehead atoms. The van der Waals surface area contributed by atoms with Gasteiger partial charge in [0.25, 0.3) is 5.69 Å². The second kappa shape index (κ2) is 11.0. The molecule has 0 radical (unpaired) electrons. The Kier molecular flexibility index (Phi) is 8.03. The molecule has 9 nitrogen and oxygen atoms in total. The molecule has 1 heterocycles. The maximum absolute atomic E-state index is 13.3. The molecular weight excluding hydrogens is 450 g/mol. The fourth-order valence-electron chi connectivity index (χ4n) is 4.22. The molecule has 3 rings (SSSR count). The highest BCUT2D eigenvalue weighted by atomic mass is 16.6. The molecule has 1 aliphatic heterocycles. The minimum atomic E-state index is -1.20. The summed E-state index contributed by atoms with van der Waals surface area (Å²) in [6.07, 6.45) is 0. The first-order valence-corrected chi connectivity index (χ1v) is 11.1. The van der Waals surface area contributed by atoms with Gasteiger partial charge in [0.2, 0.25) is 0 Å². The minimum Gasteiger partial charge on any atom is -0.478 e. The highest BCUT2D eigenvalue weighted by Gasteiger charge is 2.39. The van der Waals surface area contributed by atoms with Crippen molar-refractivity contribution in [2.45, 2.75) is 26.3 Å². The van der Waals surface area contributed by atoms with Crippen molar-refractivity contribution in [1.29, 1.82) is 0 Å². The summed E-state index contributed by atoms with van der Waals surface area (Å²) in [6, 6.07) is 15.6. The van der Waals surface area contributed by atoms with Crippen LogP contribution in [0.5, 0.6) is 0 Å². The van der Waals surface area contributed by atoms with Gasteiger partial charge in [0.05, 0.1) is 22.0 Å². The molecule has 1 N–H and O–H groups in total. The molecule has 9 heteroatoms. The van der Waals surface area contributed by atoms with Gasteiger partial charge >= 0.3 is 11.9 Å². The van der Waals surface area contributed by atoms with E-state index in [0.29, 0.717) is 30.0 Å². The minimum absolute atomic E-state index is 0.0215. The summed E-state index contributed by atoms with van der Waals surface area (Å²) in [5, 5.41) is 21.4. The van der Waals surface area contributed by atoms with Crippen molar-refractivity contribution in [1.82, 2.24) is 9.80 Å². The monoisotopic (exact) mass is 479 g/mol. The van der Waals surface area contributed by atoms with Crippen molar-refractivity contribution in [3.63, 3.8) is 0 Å². The van der Waals surface area contributed by atoms with Crippen LogP contribution < -0.4 is 0 Å². The smallest absolute Gasteiger partial charge is 0.336 e. The van der Waals surface area contributed by atoms with Crippen molar-refractivity contribution >= 4 is 17.6 Å². The zero-order valence-corrected chi connectivity index (χ0v) is 20.2. The van der Waals surface area contributed by atoms with Crippen LogP contribution in [-0.2, 0) is 20.9 Å². The van der Waals surface area contributed by atoms with E-state index < -0.39 is 22.8 Å². The van der Waals surface area contributed by atoms with Crippen molar-refractivity contribution in [2.75, 3.05) is 27.2 Å². The number of carboxylic acids is 1. The molecule has 0 fully saturated rings. The van der Waals surface area contributed by atoms with Crippen LogP contribution in [0.3, 0.4) is 0 Å². The lowest BCUT2D eigenvalue weighted by Gasteiger charge is -2.35. The second-order valence-electron chi connectivity index (χ2n) is 8.51. The Balaban J connectivity index is 1.87. The van der Waals surface area contributed by atoms with E-state index in [-0.39, 0.29) is 23.4 Å². The van der Waals surface area contributed by atoms with Crippen molar-refractivity contribution < 1.29 is 24.4 Å². The van der Waals surface area contributed by atoms with Crippen LogP contribution in [0, 0.1) is 10.1 Å². The van der Waals surface area contributed by atoms with E-state index in [0.717, 1.165) is 5.56 Å².